The lowest BCUT2D eigenvalue weighted by Gasteiger charge is -2.06. The zero-order valence-corrected chi connectivity index (χ0v) is 16.2. The van der Waals surface area contributed by atoms with Crippen molar-refractivity contribution >= 4 is 17.6 Å². The van der Waals surface area contributed by atoms with E-state index in [1.807, 2.05) is 0 Å². The summed E-state index contributed by atoms with van der Waals surface area (Å²) < 4.78 is 2.55. The van der Waals surface area contributed by atoms with E-state index in [2.05, 4.69) is 42.0 Å². The third-order valence-corrected chi connectivity index (χ3v) is 5.90. The fourth-order valence-electron chi connectivity index (χ4n) is 3.18. The molecular formula is C19H39N2S+. The highest BCUT2D eigenvalue weighted by atomic mass is 32.2. The summed E-state index contributed by atoms with van der Waals surface area (Å²) in [7, 11) is 0. The van der Waals surface area contributed by atoms with E-state index in [9.17, 15) is 0 Å². The molecule has 0 saturated carbocycles. The van der Waals surface area contributed by atoms with Gasteiger partial charge in [0, 0.05) is 6.92 Å². The number of nitrogens with zero attached hydrogens (tertiary/aromatic N) is 2. The highest BCUT2D eigenvalue weighted by molar-refractivity contribution is 7.99. The Balaban J connectivity index is 1.85. The van der Waals surface area contributed by atoms with E-state index >= 15 is 0 Å². The lowest BCUT2D eigenvalue weighted by molar-refractivity contribution is -0.497. The highest BCUT2D eigenvalue weighted by Crippen LogP contribution is 2.13. The molecule has 0 aromatic heterocycles. The van der Waals surface area contributed by atoms with Gasteiger partial charge >= 0.3 is 0 Å². The largest absolute Gasteiger partial charge is 0.262 e. The normalized spacial score (nSPS) is 15.1. The lowest BCUT2D eigenvalue weighted by Crippen LogP contribution is -2.26. The van der Waals surface area contributed by atoms with Gasteiger partial charge in [-0.05, 0) is 19.1 Å². The second kappa shape index (κ2) is 13.3. The zero-order valence-electron chi connectivity index (χ0n) is 15.4. The minimum absolute atomic E-state index is 1.16. The topological polar surface area (TPSA) is 6.25 Å². The second-order valence-corrected chi connectivity index (χ2v) is 7.68. The van der Waals surface area contributed by atoms with Crippen molar-refractivity contribution in [3.8, 4) is 0 Å². The number of unbranched alkanes of at least 4 members (excludes halogenated alkanes) is 9. The lowest BCUT2D eigenvalue weighted by atomic mass is 10.1. The Morgan fingerprint density at radius 3 is 2.05 bits per heavy atom. The Hall–Kier alpha value is -0.180. The van der Waals surface area contributed by atoms with E-state index in [-0.39, 0.29) is 0 Å². The third kappa shape index (κ3) is 8.45. The molecular weight excluding hydrogens is 288 g/mol. The van der Waals surface area contributed by atoms with Crippen LogP contribution in [0.3, 0.4) is 0 Å². The second-order valence-electron chi connectivity index (χ2n) is 6.61. The van der Waals surface area contributed by atoms with Gasteiger partial charge in [-0.3, -0.25) is 9.48 Å². The van der Waals surface area contributed by atoms with Crippen LogP contribution >= 0.6 is 11.8 Å². The average molecular weight is 328 g/mol. The van der Waals surface area contributed by atoms with Crippen LogP contribution in [0.1, 0.15) is 85.0 Å². The van der Waals surface area contributed by atoms with Crippen molar-refractivity contribution in [3.63, 3.8) is 0 Å². The maximum absolute atomic E-state index is 2.55. The van der Waals surface area contributed by atoms with Gasteiger partial charge < -0.3 is 0 Å². The molecule has 22 heavy (non-hydrogen) atoms. The smallest absolute Gasteiger partial charge is 0.244 e. The van der Waals surface area contributed by atoms with Gasteiger partial charge in [-0.15, -0.1) is 11.8 Å². The summed E-state index contributed by atoms with van der Waals surface area (Å²) >= 11 is 2.12. The van der Waals surface area contributed by atoms with Crippen molar-refractivity contribution in [2.45, 2.75) is 85.0 Å². The van der Waals surface area contributed by atoms with Crippen LogP contribution in [0.2, 0.25) is 0 Å². The number of rotatable bonds is 14. The average Bonchev–Trinajstić information content (AvgIpc) is 2.88. The first-order valence-electron chi connectivity index (χ1n) is 9.70. The number of amidine groups is 1. The van der Waals surface area contributed by atoms with Crippen molar-refractivity contribution in [2.24, 2.45) is 0 Å². The maximum atomic E-state index is 2.55. The number of likely N-dealkylation sites (N-methyl/N-ethyl adjacent to an activating group) is 1. The van der Waals surface area contributed by atoms with Crippen LogP contribution in [-0.2, 0) is 0 Å². The van der Waals surface area contributed by atoms with Gasteiger partial charge in [-0.25, -0.2) is 0 Å². The van der Waals surface area contributed by atoms with E-state index in [0.29, 0.717) is 0 Å². The van der Waals surface area contributed by atoms with Gasteiger partial charge in [0.15, 0.2) is 0 Å². The van der Waals surface area contributed by atoms with Crippen LogP contribution in [0.4, 0.5) is 0 Å². The predicted molar refractivity (Wildman–Crippen MR) is 102 cm³/mol. The summed E-state index contributed by atoms with van der Waals surface area (Å²) in [6.45, 7) is 10.4. The molecule has 1 aliphatic rings. The van der Waals surface area contributed by atoms with Crippen molar-refractivity contribution in [2.75, 3.05) is 31.3 Å². The quantitative estimate of drug-likeness (QED) is 0.313. The van der Waals surface area contributed by atoms with Crippen molar-refractivity contribution < 1.29 is 4.58 Å². The molecule has 0 radical (unpaired) electrons. The fraction of sp³-hybridized carbons (Fsp3) is 0.947. The molecule has 0 aromatic carbocycles. The van der Waals surface area contributed by atoms with Crippen LogP contribution in [0.15, 0.2) is 0 Å². The molecule has 3 heteroatoms. The fourth-order valence-corrected chi connectivity index (χ4v) is 4.25. The maximum Gasteiger partial charge on any atom is 0.244 e. The van der Waals surface area contributed by atoms with Gasteiger partial charge in [0.2, 0.25) is 5.84 Å². The van der Waals surface area contributed by atoms with Gasteiger partial charge in [0.05, 0.1) is 6.54 Å². The predicted octanol–water partition coefficient (Wildman–Crippen LogP) is 5.36. The van der Waals surface area contributed by atoms with Crippen LogP contribution in [0.25, 0.3) is 0 Å². The first-order valence-corrected chi connectivity index (χ1v) is 10.9. The molecule has 0 amide bonds. The molecule has 0 saturated heterocycles. The summed E-state index contributed by atoms with van der Waals surface area (Å²) in [6, 6.07) is 0. The number of hydrogen-bond acceptors (Lipinski definition) is 2. The standard InChI is InChI=1S/C19H39N2S/c1-4-6-7-8-9-10-11-12-13-14-17-22-18-21-16-15-20(5-2)19(21)3/h4-18H2,1-3H3/q+1. The summed E-state index contributed by atoms with van der Waals surface area (Å²) in [6.07, 6.45) is 14.4. The summed E-state index contributed by atoms with van der Waals surface area (Å²) in [4.78, 5) is 2.49. The van der Waals surface area contributed by atoms with Crippen LogP contribution in [0.5, 0.6) is 0 Å². The monoisotopic (exact) mass is 327 g/mol. The first-order chi connectivity index (χ1) is 10.8. The molecule has 0 N–H and O–H groups in total. The molecule has 0 aromatic rings. The number of thioether (sulfide) groups is 1. The third-order valence-electron chi connectivity index (χ3n) is 4.83. The van der Waals surface area contributed by atoms with E-state index in [0.717, 1.165) is 6.54 Å². The Morgan fingerprint density at radius 2 is 1.50 bits per heavy atom. The van der Waals surface area contributed by atoms with Crippen LogP contribution in [0, 0.1) is 0 Å². The molecule has 130 valence electrons. The van der Waals surface area contributed by atoms with Gasteiger partial charge in [-0.1, -0.05) is 64.7 Å². The molecule has 0 atom stereocenters. The molecule has 2 nitrogen and oxygen atoms in total. The van der Waals surface area contributed by atoms with E-state index in [1.165, 1.54) is 94.8 Å². The SMILES string of the molecule is CCCCCCCCCCCCSC[N+]1=C(C)N(CC)CC1. The first kappa shape index (κ1) is 19.9. The van der Waals surface area contributed by atoms with E-state index < -0.39 is 0 Å². The minimum Gasteiger partial charge on any atom is -0.262 e. The zero-order chi connectivity index (χ0) is 16.0. The minimum atomic E-state index is 1.16. The molecule has 0 spiro atoms. The van der Waals surface area contributed by atoms with Gasteiger partial charge in [0.25, 0.3) is 0 Å². The van der Waals surface area contributed by atoms with E-state index in [4.69, 9.17) is 0 Å². The van der Waals surface area contributed by atoms with Crippen molar-refractivity contribution in [1.29, 1.82) is 0 Å². The Bertz CT molecular complexity index is 302. The molecule has 1 heterocycles. The Labute approximate surface area is 143 Å². The van der Waals surface area contributed by atoms with Crippen molar-refractivity contribution in [3.05, 3.63) is 0 Å². The molecule has 0 fully saturated rings. The summed E-state index contributed by atoms with van der Waals surface area (Å²) in [5.41, 5.74) is 0. The molecule has 0 unspecified atom stereocenters. The Kier molecular flexibility index (Phi) is 12.0. The van der Waals surface area contributed by atoms with Crippen LogP contribution in [-0.4, -0.2) is 46.6 Å². The van der Waals surface area contributed by atoms with Gasteiger partial charge in [-0.2, -0.15) is 0 Å². The summed E-state index contributed by atoms with van der Waals surface area (Å²) in [5, 5.41) is 0. The molecule has 0 bridgehead atoms. The number of hydrogen-bond donors (Lipinski definition) is 0. The van der Waals surface area contributed by atoms with Crippen LogP contribution < -0.4 is 0 Å². The highest BCUT2D eigenvalue weighted by Gasteiger charge is 2.24. The summed E-state index contributed by atoms with van der Waals surface area (Å²) in [5.74, 6) is 4.02. The van der Waals surface area contributed by atoms with Gasteiger partial charge in [0.1, 0.15) is 19.0 Å². The molecule has 1 aliphatic heterocycles. The Morgan fingerprint density at radius 1 is 0.909 bits per heavy atom. The molecule has 1 rings (SSSR count). The van der Waals surface area contributed by atoms with E-state index in [1.54, 1.807) is 0 Å². The van der Waals surface area contributed by atoms with Crippen molar-refractivity contribution in [1.82, 2.24) is 4.90 Å². The molecule has 0 aliphatic carbocycles.